The molecule has 0 unspecified atom stereocenters. The van der Waals surface area contributed by atoms with Crippen molar-refractivity contribution in [1.82, 2.24) is 14.7 Å². The van der Waals surface area contributed by atoms with Crippen LogP contribution >= 0.6 is 0 Å². The van der Waals surface area contributed by atoms with E-state index < -0.39 is 12.1 Å². The van der Waals surface area contributed by atoms with E-state index in [-0.39, 0.29) is 11.8 Å². The van der Waals surface area contributed by atoms with Crippen molar-refractivity contribution in [2.24, 2.45) is 0 Å². The highest BCUT2D eigenvalue weighted by Gasteiger charge is 2.46. The third kappa shape index (κ3) is 4.49. The SMILES string of the molecule is COCc1cc(CN2CCN3C(=O)[C@H](Cc4ccccc4)N(C)C(=O)[C@H]3C2)ccc1OC. The Kier molecular flexibility index (Phi) is 6.77. The minimum Gasteiger partial charge on any atom is -0.496 e. The molecule has 2 aromatic carbocycles. The van der Waals surface area contributed by atoms with Gasteiger partial charge in [0.15, 0.2) is 0 Å². The van der Waals surface area contributed by atoms with Gasteiger partial charge in [-0.1, -0.05) is 36.4 Å². The molecule has 0 bridgehead atoms. The second-order valence-electron chi connectivity index (χ2n) is 8.52. The Morgan fingerprint density at radius 2 is 1.75 bits per heavy atom. The van der Waals surface area contributed by atoms with Crippen LogP contribution in [0.4, 0.5) is 0 Å². The molecule has 0 aromatic heterocycles. The van der Waals surface area contributed by atoms with E-state index in [9.17, 15) is 9.59 Å². The van der Waals surface area contributed by atoms with E-state index in [1.54, 1.807) is 31.1 Å². The number of ether oxygens (including phenoxy) is 2. The molecule has 2 atom stereocenters. The Morgan fingerprint density at radius 1 is 0.969 bits per heavy atom. The predicted octanol–water partition coefficient (Wildman–Crippen LogP) is 1.94. The van der Waals surface area contributed by atoms with Gasteiger partial charge in [0, 0.05) is 52.3 Å². The molecule has 4 rings (SSSR count). The number of carbonyl (C=O) groups is 2. The van der Waals surface area contributed by atoms with Crippen LogP contribution in [0.1, 0.15) is 16.7 Å². The van der Waals surface area contributed by atoms with E-state index >= 15 is 0 Å². The topological polar surface area (TPSA) is 62.3 Å². The number of carbonyl (C=O) groups excluding carboxylic acids is 2. The second kappa shape index (κ2) is 9.71. The fourth-order valence-corrected chi connectivity index (χ4v) is 4.72. The molecule has 7 heteroatoms. The zero-order valence-corrected chi connectivity index (χ0v) is 19.0. The molecule has 0 radical (unpaired) electrons. The molecule has 2 fully saturated rings. The lowest BCUT2D eigenvalue weighted by Crippen LogP contribution is -2.69. The van der Waals surface area contributed by atoms with Gasteiger partial charge in [-0.05, 0) is 23.3 Å². The average molecular weight is 438 g/mol. The maximum absolute atomic E-state index is 13.3. The number of nitrogens with zero attached hydrogens (tertiary/aromatic N) is 3. The number of amides is 2. The van der Waals surface area contributed by atoms with Gasteiger partial charge in [-0.25, -0.2) is 0 Å². The summed E-state index contributed by atoms with van der Waals surface area (Å²) in [5.41, 5.74) is 3.20. The Morgan fingerprint density at radius 3 is 2.47 bits per heavy atom. The van der Waals surface area contributed by atoms with Crippen LogP contribution in [-0.4, -0.2) is 79.5 Å². The number of hydrogen-bond donors (Lipinski definition) is 0. The first kappa shape index (κ1) is 22.3. The van der Waals surface area contributed by atoms with E-state index in [2.05, 4.69) is 11.0 Å². The van der Waals surface area contributed by atoms with Crippen molar-refractivity contribution in [1.29, 1.82) is 0 Å². The van der Waals surface area contributed by atoms with Crippen molar-refractivity contribution < 1.29 is 19.1 Å². The molecular weight excluding hydrogens is 406 g/mol. The van der Waals surface area contributed by atoms with E-state index in [1.165, 1.54) is 0 Å². The molecule has 0 spiro atoms. The maximum atomic E-state index is 13.3. The van der Waals surface area contributed by atoms with E-state index in [4.69, 9.17) is 9.47 Å². The van der Waals surface area contributed by atoms with Gasteiger partial charge in [0.05, 0.1) is 13.7 Å². The summed E-state index contributed by atoms with van der Waals surface area (Å²) in [6, 6.07) is 15.1. The highest BCUT2D eigenvalue weighted by molar-refractivity contribution is 5.97. The average Bonchev–Trinajstić information content (AvgIpc) is 2.81. The lowest BCUT2D eigenvalue weighted by atomic mass is 9.97. The molecule has 2 aromatic rings. The van der Waals surface area contributed by atoms with Gasteiger partial charge in [0.1, 0.15) is 17.8 Å². The molecule has 2 aliphatic heterocycles. The minimum absolute atomic E-state index is 0.0186. The Balaban J connectivity index is 1.45. The molecule has 0 aliphatic carbocycles. The Hall–Kier alpha value is -2.90. The molecule has 7 nitrogen and oxygen atoms in total. The van der Waals surface area contributed by atoms with Crippen LogP contribution in [0.25, 0.3) is 0 Å². The normalized spacial score (nSPS) is 21.6. The molecule has 170 valence electrons. The van der Waals surface area contributed by atoms with Crippen LogP contribution in [-0.2, 0) is 33.9 Å². The van der Waals surface area contributed by atoms with Gasteiger partial charge >= 0.3 is 0 Å². The van der Waals surface area contributed by atoms with Crippen molar-refractivity contribution in [3.63, 3.8) is 0 Å². The number of piperazine rings is 2. The van der Waals surface area contributed by atoms with E-state index in [0.717, 1.165) is 29.0 Å². The fourth-order valence-electron chi connectivity index (χ4n) is 4.72. The van der Waals surface area contributed by atoms with Crippen LogP contribution < -0.4 is 4.74 Å². The summed E-state index contributed by atoms with van der Waals surface area (Å²) in [5.74, 6) is 0.872. The highest BCUT2D eigenvalue weighted by atomic mass is 16.5. The van der Waals surface area contributed by atoms with Crippen molar-refractivity contribution >= 4 is 11.8 Å². The second-order valence-corrected chi connectivity index (χ2v) is 8.52. The highest BCUT2D eigenvalue weighted by Crippen LogP contribution is 2.26. The van der Waals surface area contributed by atoms with Gasteiger partial charge in [-0.3, -0.25) is 14.5 Å². The van der Waals surface area contributed by atoms with Gasteiger partial charge in [-0.2, -0.15) is 0 Å². The van der Waals surface area contributed by atoms with Crippen LogP contribution in [0.15, 0.2) is 48.5 Å². The predicted molar refractivity (Wildman–Crippen MR) is 121 cm³/mol. The third-order valence-electron chi connectivity index (χ3n) is 6.46. The summed E-state index contributed by atoms with van der Waals surface area (Å²) >= 11 is 0. The molecule has 2 heterocycles. The zero-order chi connectivity index (χ0) is 22.7. The van der Waals surface area contributed by atoms with Crippen LogP contribution in [0, 0.1) is 0 Å². The van der Waals surface area contributed by atoms with E-state index in [0.29, 0.717) is 32.7 Å². The zero-order valence-electron chi connectivity index (χ0n) is 19.0. The quantitative estimate of drug-likeness (QED) is 0.663. The first-order valence-corrected chi connectivity index (χ1v) is 11.0. The van der Waals surface area contributed by atoms with Gasteiger partial charge in [-0.15, -0.1) is 0 Å². The summed E-state index contributed by atoms with van der Waals surface area (Å²) in [7, 11) is 5.07. The summed E-state index contributed by atoms with van der Waals surface area (Å²) in [6.07, 6.45) is 0.545. The van der Waals surface area contributed by atoms with Crippen LogP contribution in [0.5, 0.6) is 5.75 Å². The molecule has 2 saturated heterocycles. The molecule has 0 saturated carbocycles. The smallest absolute Gasteiger partial charge is 0.247 e. The Bertz CT molecular complexity index is 965. The number of fused-ring (bicyclic) bond motifs is 1. The minimum atomic E-state index is -0.439. The fraction of sp³-hybridized carbons (Fsp3) is 0.440. The summed E-state index contributed by atoms with van der Waals surface area (Å²) in [4.78, 5) is 32.1. The van der Waals surface area contributed by atoms with Crippen LogP contribution in [0.2, 0.25) is 0 Å². The molecular formula is C25H31N3O4. The van der Waals surface area contributed by atoms with Crippen molar-refractivity contribution in [3.05, 3.63) is 65.2 Å². The summed E-state index contributed by atoms with van der Waals surface area (Å²) < 4.78 is 10.7. The molecule has 2 amide bonds. The molecule has 2 aliphatic rings. The monoisotopic (exact) mass is 437 g/mol. The van der Waals surface area contributed by atoms with Gasteiger partial charge < -0.3 is 19.3 Å². The van der Waals surface area contributed by atoms with Crippen molar-refractivity contribution in [2.75, 3.05) is 40.9 Å². The summed E-state index contributed by atoms with van der Waals surface area (Å²) in [6.45, 7) is 3.04. The lowest BCUT2D eigenvalue weighted by molar-refractivity contribution is -0.164. The largest absolute Gasteiger partial charge is 0.496 e. The first-order valence-electron chi connectivity index (χ1n) is 11.0. The number of rotatable bonds is 7. The number of likely N-dealkylation sites (N-methyl/N-ethyl adjacent to an activating group) is 1. The van der Waals surface area contributed by atoms with Crippen LogP contribution in [0.3, 0.4) is 0 Å². The summed E-state index contributed by atoms with van der Waals surface area (Å²) in [5, 5.41) is 0. The maximum Gasteiger partial charge on any atom is 0.247 e. The lowest BCUT2D eigenvalue weighted by Gasteiger charge is -2.48. The van der Waals surface area contributed by atoms with Gasteiger partial charge in [0.25, 0.3) is 0 Å². The standard InChI is InChI=1S/C25H31N3O4/c1-26-21(14-18-7-5-4-6-8-18)25(30)28-12-11-27(16-22(28)24(26)29)15-19-9-10-23(32-3)20(13-19)17-31-2/h4-10,13,21-22H,11-12,14-17H2,1-3H3/t21-,22+/m0/s1. The van der Waals surface area contributed by atoms with Crippen molar-refractivity contribution in [2.45, 2.75) is 31.7 Å². The number of hydrogen-bond acceptors (Lipinski definition) is 5. The van der Waals surface area contributed by atoms with E-state index in [1.807, 2.05) is 42.5 Å². The number of methoxy groups -OCH3 is 2. The molecule has 0 N–H and O–H groups in total. The Labute approximate surface area is 189 Å². The third-order valence-corrected chi connectivity index (χ3v) is 6.46. The van der Waals surface area contributed by atoms with Gasteiger partial charge in [0.2, 0.25) is 11.8 Å². The molecule has 32 heavy (non-hydrogen) atoms. The number of benzene rings is 2. The first-order chi connectivity index (χ1) is 15.5. The van der Waals surface area contributed by atoms with Crippen molar-refractivity contribution in [3.8, 4) is 5.75 Å².